The molecule has 0 fully saturated rings. The SMILES string of the molecule is COc1ccc(C(CC(=O)O)c2cnc3n2CCC(C)C3)cc1. The number of ether oxygens (including phenoxy) is 1. The molecule has 2 aromatic rings. The number of imidazole rings is 1. The fraction of sp³-hybridized carbons (Fsp3) is 0.444. The highest BCUT2D eigenvalue weighted by molar-refractivity contribution is 5.69. The lowest BCUT2D eigenvalue weighted by Crippen LogP contribution is -2.21. The van der Waals surface area contributed by atoms with E-state index in [9.17, 15) is 9.90 Å². The van der Waals surface area contributed by atoms with Crippen molar-refractivity contribution in [2.75, 3.05) is 7.11 Å². The molecule has 1 N–H and O–H groups in total. The molecule has 5 nitrogen and oxygen atoms in total. The van der Waals surface area contributed by atoms with E-state index in [1.165, 1.54) is 0 Å². The van der Waals surface area contributed by atoms with Gasteiger partial charge in [0.1, 0.15) is 11.6 Å². The first-order valence-corrected chi connectivity index (χ1v) is 7.98. The van der Waals surface area contributed by atoms with Crippen LogP contribution in [0.2, 0.25) is 0 Å². The van der Waals surface area contributed by atoms with Gasteiger partial charge in [0.05, 0.1) is 13.5 Å². The third kappa shape index (κ3) is 3.23. The largest absolute Gasteiger partial charge is 0.497 e. The predicted molar refractivity (Wildman–Crippen MR) is 86.8 cm³/mol. The Labute approximate surface area is 135 Å². The first-order valence-electron chi connectivity index (χ1n) is 7.98. The predicted octanol–water partition coefficient (Wildman–Crippen LogP) is 3.08. The van der Waals surface area contributed by atoms with Crippen molar-refractivity contribution in [3.63, 3.8) is 0 Å². The number of nitrogens with zero attached hydrogens (tertiary/aromatic N) is 2. The molecule has 0 saturated heterocycles. The van der Waals surface area contributed by atoms with Gasteiger partial charge in [0.25, 0.3) is 0 Å². The average molecular weight is 314 g/mol. The molecule has 1 aromatic carbocycles. The van der Waals surface area contributed by atoms with Crippen LogP contribution in [0, 0.1) is 5.92 Å². The molecule has 0 bridgehead atoms. The minimum absolute atomic E-state index is 0.0625. The molecule has 0 amide bonds. The monoisotopic (exact) mass is 314 g/mol. The van der Waals surface area contributed by atoms with Gasteiger partial charge in [0.15, 0.2) is 0 Å². The second-order valence-corrected chi connectivity index (χ2v) is 6.27. The number of carboxylic acid groups (broad SMARTS) is 1. The Kier molecular flexibility index (Phi) is 4.37. The summed E-state index contributed by atoms with van der Waals surface area (Å²) in [5.41, 5.74) is 1.98. The summed E-state index contributed by atoms with van der Waals surface area (Å²) in [6.07, 6.45) is 3.99. The van der Waals surface area contributed by atoms with Gasteiger partial charge in [-0.2, -0.15) is 0 Å². The molecule has 1 aliphatic heterocycles. The summed E-state index contributed by atoms with van der Waals surface area (Å²) in [5.74, 6) is 1.49. The molecule has 0 radical (unpaired) electrons. The van der Waals surface area contributed by atoms with Crippen LogP contribution in [0.4, 0.5) is 0 Å². The smallest absolute Gasteiger partial charge is 0.304 e. The maximum atomic E-state index is 11.4. The van der Waals surface area contributed by atoms with Gasteiger partial charge in [-0.25, -0.2) is 4.98 Å². The van der Waals surface area contributed by atoms with Crippen LogP contribution in [-0.2, 0) is 17.8 Å². The van der Waals surface area contributed by atoms with Crippen LogP contribution in [0.1, 0.15) is 42.8 Å². The Bertz CT molecular complexity index is 691. The number of carboxylic acids is 1. The topological polar surface area (TPSA) is 64.3 Å². The summed E-state index contributed by atoms with van der Waals surface area (Å²) in [4.78, 5) is 15.9. The van der Waals surface area contributed by atoms with Crippen molar-refractivity contribution in [1.29, 1.82) is 0 Å². The van der Waals surface area contributed by atoms with Crippen molar-refractivity contribution in [3.8, 4) is 5.75 Å². The van der Waals surface area contributed by atoms with Crippen molar-refractivity contribution in [3.05, 3.63) is 47.5 Å². The number of aliphatic carboxylic acids is 1. The first-order chi connectivity index (χ1) is 11.1. The zero-order valence-corrected chi connectivity index (χ0v) is 13.5. The molecule has 2 heterocycles. The van der Waals surface area contributed by atoms with E-state index in [4.69, 9.17) is 4.74 Å². The first kappa shape index (κ1) is 15.6. The Morgan fingerprint density at radius 3 is 2.83 bits per heavy atom. The molecule has 2 unspecified atom stereocenters. The molecular weight excluding hydrogens is 292 g/mol. The number of rotatable bonds is 5. The highest BCUT2D eigenvalue weighted by Gasteiger charge is 2.26. The van der Waals surface area contributed by atoms with Gasteiger partial charge >= 0.3 is 5.97 Å². The van der Waals surface area contributed by atoms with E-state index < -0.39 is 5.97 Å². The molecule has 1 aliphatic rings. The number of hydrogen-bond acceptors (Lipinski definition) is 3. The van der Waals surface area contributed by atoms with Gasteiger partial charge in [-0.1, -0.05) is 19.1 Å². The molecule has 2 atom stereocenters. The zero-order chi connectivity index (χ0) is 16.4. The van der Waals surface area contributed by atoms with Gasteiger partial charge in [0, 0.05) is 30.8 Å². The average Bonchev–Trinajstić information content (AvgIpc) is 2.95. The van der Waals surface area contributed by atoms with Crippen LogP contribution < -0.4 is 4.74 Å². The summed E-state index contributed by atoms with van der Waals surface area (Å²) >= 11 is 0. The van der Waals surface area contributed by atoms with Crippen LogP contribution in [0.5, 0.6) is 5.75 Å². The summed E-state index contributed by atoms with van der Waals surface area (Å²) in [5, 5.41) is 9.34. The fourth-order valence-electron chi connectivity index (χ4n) is 3.30. The maximum Gasteiger partial charge on any atom is 0.304 e. The molecule has 0 spiro atoms. The number of fused-ring (bicyclic) bond motifs is 1. The highest BCUT2D eigenvalue weighted by Crippen LogP contribution is 2.32. The molecule has 23 heavy (non-hydrogen) atoms. The van der Waals surface area contributed by atoms with Crippen molar-refractivity contribution >= 4 is 5.97 Å². The molecule has 122 valence electrons. The third-order valence-electron chi connectivity index (χ3n) is 4.60. The summed E-state index contributed by atoms with van der Waals surface area (Å²) in [7, 11) is 1.62. The van der Waals surface area contributed by atoms with Crippen LogP contribution in [0.3, 0.4) is 0 Å². The molecule has 5 heteroatoms. The van der Waals surface area contributed by atoms with Crippen LogP contribution in [0.15, 0.2) is 30.5 Å². The summed E-state index contributed by atoms with van der Waals surface area (Å²) in [6.45, 7) is 3.15. The molecule has 0 aliphatic carbocycles. The molecule has 0 saturated carbocycles. The number of hydrogen-bond donors (Lipinski definition) is 1. The van der Waals surface area contributed by atoms with Crippen molar-refractivity contribution < 1.29 is 14.6 Å². The van der Waals surface area contributed by atoms with Gasteiger partial charge in [-0.15, -0.1) is 0 Å². The maximum absolute atomic E-state index is 11.4. The Morgan fingerprint density at radius 1 is 1.43 bits per heavy atom. The van der Waals surface area contributed by atoms with Crippen molar-refractivity contribution in [1.82, 2.24) is 9.55 Å². The van der Waals surface area contributed by atoms with Crippen LogP contribution >= 0.6 is 0 Å². The second kappa shape index (κ2) is 6.44. The Hall–Kier alpha value is -2.30. The van der Waals surface area contributed by atoms with E-state index >= 15 is 0 Å². The molecular formula is C18H22N2O3. The quantitative estimate of drug-likeness (QED) is 0.921. The minimum Gasteiger partial charge on any atom is -0.497 e. The summed E-state index contributed by atoms with van der Waals surface area (Å²) in [6, 6.07) is 7.63. The zero-order valence-electron chi connectivity index (χ0n) is 13.5. The number of methoxy groups -OCH3 is 1. The number of aromatic nitrogens is 2. The number of carbonyl (C=O) groups is 1. The van der Waals surface area contributed by atoms with Crippen LogP contribution in [0.25, 0.3) is 0 Å². The van der Waals surface area contributed by atoms with E-state index in [1.54, 1.807) is 7.11 Å². The van der Waals surface area contributed by atoms with Gasteiger partial charge < -0.3 is 14.4 Å². The lowest BCUT2D eigenvalue weighted by molar-refractivity contribution is -0.137. The van der Waals surface area contributed by atoms with Crippen LogP contribution in [-0.4, -0.2) is 27.7 Å². The third-order valence-corrected chi connectivity index (χ3v) is 4.60. The standard InChI is InChI=1S/C18H22N2O3/c1-12-7-8-20-16(11-19-17(20)9-12)15(10-18(21)22)13-3-5-14(23-2)6-4-13/h3-6,11-12,15H,7-10H2,1-2H3,(H,21,22). The minimum atomic E-state index is -0.800. The van der Waals surface area contributed by atoms with Crippen molar-refractivity contribution in [2.45, 2.75) is 38.6 Å². The van der Waals surface area contributed by atoms with E-state index in [1.807, 2.05) is 30.5 Å². The van der Waals surface area contributed by atoms with E-state index in [-0.39, 0.29) is 12.3 Å². The van der Waals surface area contributed by atoms with Gasteiger partial charge in [-0.05, 0) is 30.0 Å². The highest BCUT2D eigenvalue weighted by atomic mass is 16.5. The van der Waals surface area contributed by atoms with Gasteiger partial charge in [0.2, 0.25) is 0 Å². The Balaban J connectivity index is 1.97. The molecule has 1 aromatic heterocycles. The lowest BCUT2D eigenvalue weighted by atomic mass is 9.92. The van der Waals surface area contributed by atoms with E-state index in [0.29, 0.717) is 5.92 Å². The lowest BCUT2D eigenvalue weighted by Gasteiger charge is -2.24. The summed E-state index contributed by atoms with van der Waals surface area (Å²) < 4.78 is 7.40. The second-order valence-electron chi connectivity index (χ2n) is 6.27. The van der Waals surface area contributed by atoms with E-state index in [2.05, 4.69) is 16.5 Å². The fourth-order valence-corrected chi connectivity index (χ4v) is 3.30. The molecule has 3 rings (SSSR count). The number of benzene rings is 1. The van der Waals surface area contributed by atoms with Crippen molar-refractivity contribution in [2.24, 2.45) is 5.92 Å². The van der Waals surface area contributed by atoms with E-state index in [0.717, 1.165) is 42.2 Å². The normalized spacial score (nSPS) is 18.3. The Morgan fingerprint density at radius 2 is 2.17 bits per heavy atom. The van der Waals surface area contributed by atoms with Gasteiger partial charge in [-0.3, -0.25) is 4.79 Å².